The van der Waals surface area contributed by atoms with Crippen LogP contribution in [0.3, 0.4) is 0 Å². The van der Waals surface area contributed by atoms with E-state index in [9.17, 15) is 69.5 Å². The molecule has 2 heterocycles. The van der Waals surface area contributed by atoms with E-state index in [0.29, 0.717) is 30.9 Å². The van der Waals surface area contributed by atoms with Crippen LogP contribution in [0.1, 0.15) is 56.9 Å². The second kappa shape index (κ2) is 19.6. The maximum atomic E-state index is 12.5. The van der Waals surface area contributed by atoms with Crippen LogP contribution in [0.2, 0.25) is 0 Å². The Hall–Kier alpha value is -5.36. The fourth-order valence-electron chi connectivity index (χ4n) is 5.05. The van der Waals surface area contributed by atoms with Gasteiger partial charge in [0.15, 0.2) is 51.1 Å². The number of esters is 1. The number of hydrogen-bond acceptors (Lipinski definition) is 6. The van der Waals surface area contributed by atoms with Gasteiger partial charge in [-0.2, -0.15) is 0 Å². The van der Waals surface area contributed by atoms with E-state index in [1.165, 1.54) is 0 Å². The van der Waals surface area contributed by atoms with Gasteiger partial charge in [0.2, 0.25) is 5.91 Å². The zero-order chi connectivity index (χ0) is 49.9. The van der Waals surface area contributed by atoms with Crippen LogP contribution in [-0.4, -0.2) is 37.0 Å². The summed E-state index contributed by atoms with van der Waals surface area (Å²) in [6, 6.07) is 19.1. The Bertz CT molecular complexity index is 2270. The van der Waals surface area contributed by atoms with Crippen LogP contribution in [0, 0.1) is 25.2 Å². The van der Waals surface area contributed by atoms with Gasteiger partial charge in [-0.3, -0.25) is 19.7 Å². The number of nitrogens with one attached hydrogen (secondary N) is 2. The average Bonchev–Trinajstić information content (AvgIpc) is 3.12. The molecule has 0 atom stereocenters. The molecule has 2 amide bonds. The maximum absolute atomic E-state index is 12.5. The van der Waals surface area contributed by atoms with Crippen molar-refractivity contribution in [2.75, 3.05) is 23.8 Å². The van der Waals surface area contributed by atoms with Gasteiger partial charge >= 0.3 is 78.0 Å². The number of benzene rings is 2. The summed E-state index contributed by atoms with van der Waals surface area (Å²) in [6.45, 7) is 14.7. The van der Waals surface area contributed by atoms with Crippen molar-refractivity contribution in [3.63, 3.8) is 0 Å². The number of hydrogen-bond donors (Lipinski definition) is 2. The molecule has 0 aliphatic carbocycles. The topological polar surface area (TPSA) is 119 Å². The molecule has 0 saturated heterocycles. The standard InChI is InChI=1S/C41H48N4O6.2F6P/c1-28(2)39(48)43-36-27-35(11-9-30(36)4)42-40(49)51-23-21-45-18-14-33(15-19-45)32-12-16-44(17-13-32)20-22-50-38(47)25-31-10-8-29(3)34(24-31)26-37(46)41(5,6)7;2*1-7(2,3,4,5)6/h8-19,24,27-28H,20-23,25-26H2,1-7H3;;/q;2*-1/p+2. The Labute approximate surface area is 366 Å². The van der Waals surface area contributed by atoms with Gasteiger partial charge in [-0.1, -0.05) is 58.9 Å². The van der Waals surface area contributed by atoms with Gasteiger partial charge in [-0.15, -0.1) is 0 Å². The summed E-state index contributed by atoms with van der Waals surface area (Å²) in [4.78, 5) is 49.6. The number of aromatic nitrogens is 2. The second-order valence-corrected chi connectivity index (χ2v) is 19.8. The SMILES string of the molecule is Cc1ccc(CC(=O)OCC[n+]2ccc(-c3cc[n+](CCOC(=O)Nc4ccc(C)c(NC(=O)C(C)C)c4)cc3)cc2)cc1CC(=O)C(C)(C)C.F[P-](F)(F)(F)(F)F.F[P-](F)(F)(F)(F)F. The van der Waals surface area contributed by atoms with E-state index >= 15 is 0 Å². The van der Waals surface area contributed by atoms with E-state index in [0.717, 1.165) is 33.4 Å². The number of pyridine rings is 2. The third-order valence-corrected chi connectivity index (χ3v) is 8.53. The quantitative estimate of drug-likeness (QED) is 0.0562. The first kappa shape index (κ1) is 55.8. The summed E-state index contributed by atoms with van der Waals surface area (Å²) in [5.74, 6) is -0.386. The molecular formula is C41H50F12N4O6P2. The average molecular weight is 985 g/mol. The fraction of sp³-hybridized carbons (Fsp3) is 0.366. The molecule has 0 aliphatic heterocycles. The molecule has 10 nitrogen and oxygen atoms in total. The molecule has 0 bridgehead atoms. The summed E-state index contributed by atoms with van der Waals surface area (Å²) in [7, 11) is -21.3. The van der Waals surface area contributed by atoms with Crippen LogP contribution in [0.5, 0.6) is 0 Å². The minimum absolute atomic E-state index is 0.0929. The fourth-order valence-corrected chi connectivity index (χ4v) is 5.05. The van der Waals surface area contributed by atoms with Crippen molar-refractivity contribution in [1.82, 2.24) is 0 Å². The van der Waals surface area contributed by atoms with Crippen LogP contribution in [0.4, 0.5) is 66.5 Å². The number of aryl methyl sites for hydroxylation is 2. The van der Waals surface area contributed by atoms with Crippen LogP contribution in [0.25, 0.3) is 11.1 Å². The van der Waals surface area contributed by atoms with Crippen LogP contribution >= 0.6 is 15.6 Å². The number of ketones is 1. The van der Waals surface area contributed by atoms with Crippen molar-refractivity contribution in [1.29, 1.82) is 0 Å². The molecule has 0 aliphatic rings. The van der Waals surface area contributed by atoms with Gasteiger partial charge in [0.1, 0.15) is 5.78 Å². The molecule has 364 valence electrons. The predicted octanol–water partition coefficient (Wildman–Crippen LogP) is 13.1. The number of halogens is 12. The van der Waals surface area contributed by atoms with Gasteiger partial charge in [0.25, 0.3) is 0 Å². The molecule has 0 fully saturated rings. The molecule has 4 rings (SSSR count). The van der Waals surface area contributed by atoms with E-state index < -0.39 is 27.1 Å². The third kappa shape index (κ3) is 27.5. The van der Waals surface area contributed by atoms with Gasteiger partial charge in [-0.25, -0.2) is 13.9 Å². The van der Waals surface area contributed by atoms with E-state index in [2.05, 4.69) is 10.6 Å². The molecule has 0 saturated carbocycles. The first-order valence-corrected chi connectivity index (χ1v) is 23.4. The molecule has 0 spiro atoms. The van der Waals surface area contributed by atoms with E-state index in [4.69, 9.17) is 9.47 Å². The molecular weight excluding hydrogens is 934 g/mol. The van der Waals surface area contributed by atoms with Crippen LogP contribution in [-0.2, 0) is 49.8 Å². The van der Waals surface area contributed by atoms with E-state index in [-0.39, 0.29) is 43.2 Å². The number of anilines is 2. The van der Waals surface area contributed by atoms with Crippen molar-refractivity contribution in [2.45, 2.75) is 74.4 Å². The molecule has 0 radical (unpaired) electrons. The number of Topliss-reactive ketones (excluding diaryl/α,β-unsaturated/α-hetero) is 1. The van der Waals surface area contributed by atoms with Gasteiger partial charge in [0, 0.05) is 53.4 Å². The number of carbonyl (C=O) groups is 4. The first-order chi connectivity index (χ1) is 29.1. The van der Waals surface area contributed by atoms with Gasteiger partial charge in [0.05, 0.1) is 6.42 Å². The Morgan fingerprint density at radius 3 is 1.51 bits per heavy atom. The molecule has 2 aromatic carbocycles. The number of nitrogens with zero attached hydrogens (tertiary/aromatic N) is 2. The molecule has 2 aromatic heterocycles. The van der Waals surface area contributed by atoms with Crippen LogP contribution < -0.4 is 19.8 Å². The molecule has 0 unspecified atom stereocenters. The second-order valence-electron chi connectivity index (χ2n) is 16.0. The number of carbonyl (C=O) groups excluding carboxylic acids is 4. The van der Waals surface area contributed by atoms with Crippen molar-refractivity contribution in [2.24, 2.45) is 11.3 Å². The van der Waals surface area contributed by atoms with Crippen molar-refractivity contribution >= 4 is 50.7 Å². The summed E-state index contributed by atoms with van der Waals surface area (Å²) in [5.41, 5.74) is 6.55. The zero-order valence-electron chi connectivity index (χ0n) is 36.2. The molecule has 65 heavy (non-hydrogen) atoms. The van der Waals surface area contributed by atoms with Crippen molar-refractivity contribution in [3.05, 3.63) is 108 Å². The van der Waals surface area contributed by atoms with E-state index in [1.807, 2.05) is 131 Å². The van der Waals surface area contributed by atoms with Crippen molar-refractivity contribution in [3.8, 4) is 11.1 Å². The Kier molecular flexibility index (Phi) is 16.8. The van der Waals surface area contributed by atoms with Crippen molar-refractivity contribution < 1.29 is 88.1 Å². The minimum atomic E-state index is -10.7. The number of ether oxygens (including phenoxy) is 2. The molecule has 24 heteroatoms. The third-order valence-electron chi connectivity index (χ3n) is 8.53. The van der Waals surface area contributed by atoms with Crippen LogP contribution in [0.15, 0.2) is 85.5 Å². The summed E-state index contributed by atoms with van der Waals surface area (Å²) >= 11 is 0. The summed E-state index contributed by atoms with van der Waals surface area (Å²) in [6.07, 6.45) is 7.69. The zero-order valence-corrected chi connectivity index (χ0v) is 38.0. The predicted molar refractivity (Wildman–Crippen MR) is 223 cm³/mol. The number of amides is 2. The Balaban J connectivity index is 0.000000894. The van der Waals surface area contributed by atoms with E-state index in [1.54, 1.807) is 12.1 Å². The summed E-state index contributed by atoms with van der Waals surface area (Å²) in [5, 5.41) is 5.59. The normalized spacial score (nSPS) is 13.8. The molecule has 4 aromatic rings. The monoisotopic (exact) mass is 984 g/mol. The van der Waals surface area contributed by atoms with Gasteiger partial charge in [-0.05, 0) is 59.4 Å². The first-order valence-electron chi connectivity index (χ1n) is 19.3. The Morgan fingerprint density at radius 2 is 1.06 bits per heavy atom. The summed E-state index contributed by atoms with van der Waals surface area (Å²) < 4.78 is 133. The number of rotatable bonds is 14. The van der Waals surface area contributed by atoms with Gasteiger partial charge < -0.3 is 14.8 Å². The molecule has 2 N–H and O–H groups in total. The Morgan fingerprint density at radius 1 is 0.615 bits per heavy atom.